The minimum Gasteiger partial charge on any atom is -0.508 e. The number of aliphatic hydroxyl groups is 1. The van der Waals surface area contributed by atoms with Crippen LogP contribution in [0, 0.1) is 0 Å². The quantitative estimate of drug-likeness (QED) is 0.466. The zero-order valence-corrected chi connectivity index (χ0v) is 6.57. The zero-order valence-electron chi connectivity index (χ0n) is 6.57. The van der Waals surface area contributed by atoms with Crippen molar-refractivity contribution < 1.29 is 10.2 Å². The Morgan fingerprint density at radius 2 is 2.08 bits per heavy atom. The van der Waals surface area contributed by atoms with Gasteiger partial charge in [-0.25, -0.2) is 0 Å². The maximum absolute atomic E-state index is 9.01. The van der Waals surface area contributed by atoms with Crippen LogP contribution in [0.2, 0.25) is 0 Å². The minimum atomic E-state index is -0.481. The molecule has 0 aliphatic heterocycles. The summed E-state index contributed by atoms with van der Waals surface area (Å²) in [6.45, 7) is -0.158. The molecule has 6 N–H and O–H groups in total. The van der Waals surface area contributed by atoms with Crippen LogP contribution in [0.5, 0.6) is 5.75 Å². The van der Waals surface area contributed by atoms with Crippen molar-refractivity contribution in [3.63, 3.8) is 0 Å². The first-order valence-electron chi connectivity index (χ1n) is 3.60. The van der Waals surface area contributed by atoms with Gasteiger partial charge in [-0.15, -0.1) is 0 Å². The summed E-state index contributed by atoms with van der Waals surface area (Å²) in [5.74, 6) is 0.0985. The fraction of sp³-hybridized carbons (Fsp3) is 0.250. The van der Waals surface area contributed by atoms with Crippen LogP contribution in [0.3, 0.4) is 0 Å². The van der Waals surface area contributed by atoms with E-state index in [1.807, 2.05) is 0 Å². The van der Waals surface area contributed by atoms with Crippen LogP contribution in [0.1, 0.15) is 11.6 Å². The second-order valence-corrected chi connectivity index (χ2v) is 2.60. The van der Waals surface area contributed by atoms with Gasteiger partial charge >= 0.3 is 0 Å². The lowest BCUT2D eigenvalue weighted by molar-refractivity contribution is 0.268. The molecule has 0 spiro atoms. The van der Waals surface area contributed by atoms with Gasteiger partial charge in [0.1, 0.15) is 5.75 Å². The molecule has 0 heterocycles. The van der Waals surface area contributed by atoms with E-state index in [-0.39, 0.29) is 12.4 Å². The maximum Gasteiger partial charge on any atom is 0.117 e. The number of phenols is 1. The first-order chi connectivity index (χ1) is 5.65. The van der Waals surface area contributed by atoms with Crippen molar-refractivity contribution in [1.29, 1.82) is 0 Å². The third-order valence-corrected chi connectivity index (χ3v) is 1.67. The van der Waals surface area contributed by atoms with Crippen molar-refractivity contribution >= 4 is 5.69 Å². The van der Waals surface area contributed by atoms with E-state index in [9.17, 15) is 0 Å². The number of hydrogen-bond donors (Lipinski definition) is 4. The highest BCUT2D eigenvalue weighted by atomic mass is 16.3. The van der Waals surface area contributed by atoms with Crippen molar-refractivity contribution in [3.8, 4) is 5.75 Å². The number of hydrogen-bond acceptors (Lipinski definition) is 4. The largest absolute Gasteiger partial charge is 0.508 e. The van der Waals surface area contributed by atoms with Crippen LogP contribution in [0.15, 0.2) is 18.2 Å². The number of aromatic hydroxyl groups is 1. The van der Waals surface area contributed by atoms with Gasteiger partial charge in [0.05, 0.1) is 12.6 Å². The van der Waals surface area contributed by atoms with Crippen LogP contribution in [0.4, 0.5) is 5.69 Å². The Labute approximate surface area is 70.4 Å². The lowest BCUT2D eigenvalue weighted by Crippen LogP contribution is -2.15. The summed E-state index contributed by atoms with van der Waals surface area (Å²) < 4.78 is 0. The lowest BCUT2D eigenvalue weighted by Gasteiger charge is -2.11. The smallest absolute Gasteiger partial charge is 0.117 e. The van der Waals surface area contributed by atoms with Crippen LogP contribution in [-0.2, 0) is 0 Å². The van der Waals surface area contributed by atoms with E-state index in [0.717, 1.165) is 0 Å². The van der Waals surface area contributed by atoms with Gasteiger partial charge in [0.25, 0.3) is 0 Å². The van der Waals surface area contributed by atoms with Gasteiger partial charge < -0.3 is 21.7 Å². The molecule has 4 nitrogen and oxygen atoms in total. The third-order valence-electron chi connectivity index (χ3n) is 1.67. The number of phenolic OH excluding ortho intramolecular Hbond substituents is 1. The molecule has 1 rings (SSSR count). The Hall–Kier alpha value is -1.26. The predicted octanol–water partition coefficient (Wildman–Crippen LogP) is -0.0335. The molecule has 0 aliphatic carbocycles. The molecular formula is C8H12N2O2. The summed E-state index contributed by atoms with van der Waals surface area (Å²) in [6, 6.07) is 4.02. The summed E-state index contributed by atoms with van der Waals surface area (Å²) in [4.78, 5) is 0. The Morgan fingerprint density at radius 3 is 2.58 bits per heavy atom. The monoisotopic (exact) mass is 168 g/mol. The van der Waals surface area contributed by atoms with Crippen molar-refractivity contribution in [3.05, 3.63) is 23.8 Å². The summed E-state index contributed by atoms with van der Waals surface area (Å²) in [5, 5.41) is 17.7. The summed E-state index contributed by atoms with van der Waals surface area (Å²) >= 11 is 0. The SMILES string of the molecule is Nc1cc(O)ccc1[C@H](N)CO. The van der Waals surface area contributed by atoms with Crippen molar-refractivity contribution in [2.45, 2.75) is 6.04 Å². The molecule has 1 atom stereocenters. The maximum atomic E-state index is 9.01. The van der Waals surface area contributed by atoms with E-state index in [2.05, 4.69) is 0 Å². The average molecular weight is 168 g/mol. The Bertz CT molecular complexity index is 276. The number of rotatable bonds is 2. The molecule has 0 bridgehead atoms. The van der Waals surface area contributed by atoms with Gasteiger partial charge in [0.15, 0.2) is 0 Å². The molecule has 66 valence electrons. The molecule has 0 radical (unpaired) electrons. The Morgan fingerprint density at radius 1 is 1.42 bits per heavy atom. The van der Waals surface area contributed by atoms with Gasteiger partial charge in [0, 0.05) is 11.8 Å². The van der Waals surface area contributed by atoms with Crippen molar-refractivity contribution in [2.24, 2.45) is 5.73 Å². The fourth-order valence-electron chi connectivity index (χ4n) is 0.998. The number of aliphatic hydroxyl groups excluding tert-OH is 1. The normalized spacial score (nSPS) is 12.8. The first kappa shape index (κ1) is 8.83. The van der Waals surface area contributed by atoms with Crippen LogP contribution >= 0.6 is 0 Å². The second kappa shape index (κ2) is 3.42. The molecule has 4 heteroatoms. The highest BCUT2D eigenvalue weighted by molar-refractivity contribution is 5.52. The number of nitrogen functional groups attached to an aromatic ring is 1. The van der Waals surface area contributed by atoms with Crippen LogP contribution in [0.25, 0.3) is 0 Å². The average Bonchev–Trinajstić information content (AvgIpc) is 2.03. The van der Waals surface area contributed by atoms with E-state index in [0.29, 0.717) is 11.3 Å². The molecule has 0 aliphatic rings. The van der Waals surface area contributed by atoms with Gasteiger partial charge in [0.2, 0.25) is 0 Å². The molecule has 1 aromatic carbocycles. The van der Waals surface area contributed by atoms with Crippen molar-refractivity contribution in [2.75, 3.05) is 12.3 Å². The Kier molecular flexibility index (Phi) is 2.52. The van der Waals surface area contributed by atoms with Gasteiger partial charge in [-0.2, -0.15) is 0 Å². The minimum absolute atomic E-state index is 0.0985. The predicted molar refractivity (Wildman–Crippen MR) is 46.5 cm³/mol. The van der Waals surface area contributed by atoms with Crippen LogP contribution in [-0.4, -0.2) is 16.8 Å². The molecule has 1 aromatic rings. The highest BCUT2D eigenvalue weighted by Crippen LogP contribution is 2.22. The standard InChI is InChI=1S/C8H12N2O2/c9-7-3-5(12)1-2-6(7)8(10)4-11/h1-3,8,11-12H,4,9-10H2/t8-/m1/s1. The topological polar surface area (TPSA) is 92.5 Å². The lowest BCUT2D eigenvalue weighted by atomic mass is 10.1. The van der Waals surface area contributed by atoms with E-state index in [1.54, 1.807) is 6.07 Å². The molecule has 0 unspecified atom stereocenters. The molecule has 12 heavy (non-hydrogen) atoms. The highest BCUT2D eigenvalue weighted by Gasteiger charge is 2.07. The van der Waals surface area contributed by atoms with E-state index < -0.39 is 6.04 Å². The number of anilines is 1. The molecule has 0 saturated carbocycles. The third kappa shape index (κ3) is 1.66. The van der Waals surface area contributed by atoms with E-state index in [1.165, 1.54) is 12.1 Å². The first-order valence-corrected chi connectivity index (χ1v) is 3.60. The van der Waals surface area contributed by atoms with Gasteiger partial charge in [-0.05, 0) is 11.6 Å². The van der Waals surface area contributed by atoms with E-state index in [4.69, 9.17) is 21.7 Å². The second-order valence-electron chi connectivity index (χ2n) is 2.60. The summed E-state index contributed by atoms with van der Waals surface area (Å²) in [6.07, 6.45) is 0. The van der Waals surface area contributed by atoms with Crippen LogP contribution < -0.4 is 11.5 Å². The molecule has 0 amide bonds. The fourth-order valence-corrected chi connectivity index (χ4v) is 0.998. The zero-order chi connectivity index (χ0) is 9.14. The van der Waals surface area contributed by atoms with E-state index >= 15 is 0 Å². The van der Waals surface area contributed by atoms with Gasteiger partial charge in [-0.1, -0.05) is 6.07 Å². The Balaban J connectivity index is 3.01. The van der Waals surface area contributed by atoms with Crippen molar-refractivity contribution in [1.82, 2.24) is 0 Å². The van der Waals surface area contributed by atoms with Gasteiger partial charge in [-0.3, -0.25) is 0 Å². The summed E-state index contributed by atoms with van der Waals surface area (Å²) in [7, 11) is 0. The molecule has 0 fully saturated rings. The number of benzene rings is 1. The number of nitrogens with two attached hydrogens (primary N) is 2. The molecule has 0 saturated heterocycles. The molecular weight excluding hydrogens is 156 g/mol. The molecule has 0 aromatic heterocycles. The summed E-state index contributed by atoms with van der Waals surface area (Å²) in [5.41, 5.74) is 12.1.